The number of piperidine rings is 1. The fourth-order valence-corrected chi connectivity index (χ4v) is 3.83. The molecule has 0 aromatic heterocycles. The molecule has 3 unspecified atom stereocenters. The van der Waals surface area contributed by atoms with E-state index in [1.54, 1.807) is 0 Å². The van der Waals surface area contributed by atoms with Crippen LogP contribution in [0.4, 0.5) is 0 Å². The molecule has 0 aromatic rings. The van der Waals surface area contributed by atoms with Crippen molar-refractivity contribution in [2.45, 2.75) is 78.4 Å². The van der Waals surface area contributed by atoms with E-state index in [9.17, 15) is 5.11 Å². The van der Waals surface area contributed by atoms with E-state index in [1.807, 2.05) is 0 Å². The summed E-state index contributed by atoms with van der Waals surface area (Å²) in [5.74, 6) is 1.75. The molecule has 0 spiro atoms. The average Bonchev–Trinajstić information content (AvgIpc) is 2.38. The van der Waals surface area contributed by atoms with Crippen LogP contribution in [-0.4, -0.2) is 41.0 Å². The maximum absolute atomic E-state index is 10.1. The van der Waals surface area contributed by atoms with Gasteiger partial charge in [-0.05, 0) is 37.4 Å². The molecule has 3 atom stereocenters. The van der Waals surface area contributed by atoms with Crippen LogP contribution in [0.1, 0.15) is 66.2 Å². The number of hydrogen-bond acceptors (Lipinski definition) is 3. The number of unbranched alkanes of at least 4 members (excludes halogenated alkanes) is 1. The zero-order chi connectivity index (χ0) is 15.2. The first-order chi connectivity index (χ1) is 9.40. The Kier molecular flexibility index (Phi) is 7.92. The van der Waals surface area contributed by atoms with Crippen molar-refractivity contribution in [1.29, 1.82) is 0 Å². The third-order valence-electron chi connectivity index (χ3n) is 4.91. The zero-order valence-electron chi connectivity index (χ0n) is 13.9. The molecule has 1 heterocycles. The summed E-state index contributed by atoms with van der Waals surface area (Å²) < 4.78 is 0. The summed E-state index contributed by atoms with van der Waals surface area (Å²) in [6, 6.07) is 0.691. The van der Waals surface area contributed by atoms with Crippen LogP contribution >= 0.6 is 12.6 Å². The van der Waals surface area contributed by atoms with E-state index in [0.717, 1.165) is 31.2 Å². The molecule has 20 heavy (non-hydrogen) atoms. The molecule has 1 saturated heterocycles. The van der Waals surface area contributed by atoms with Gasteiger partial charge in [0.1, 0.15) is 0 Å². The number of aliphatic hydroxyl groups excluding tert-OH is 1. The van der Waals surface area contributed by atoms with Crippen molar-refractivity contribution in [2.24, 2.45) is 11.3 Å². The maximum atomic E-state index is 10.1. The lowest BCUT2D eigenvalue weighted by molar-refractivity contribution is -0.0423. The highest BCUT2D eigenvalue weighted by Crippen LogP contribution is 2.32. The molecule has 2 nitrogen and oxygen atoms in total. The first-order valence-corrected chi connectivity index (χ1v) is 9.07. The van der Waals surface area contributed by atoms with Crippen molar-refractivity contribution in [1.82, 2.24) is 4.90 Å². The smallest absolute Gasteiger partial charge is 0.0615 e. The number of rotatable bonds is 8. The number of nitrogens with zero attached hydrogens (tertiary/aromatic N) is 1. The van der Waals surface area contributed by atoms with E-state index in [-0.39, 0.29) is 11.5 Å². The van der Waals surface area contributed by atoms with Crippen LogP contribution in [0, 0.1) is 11.3 Å². The van der Waals surface area contributed by atoms with Crippen molar-refractivity contribution in [3.05, 3.63) is 0 Å². The average molecular weight is 302 g/mol. The van der Waals surface area contributed by atoms with Gasteiger partial charge in [-0.15, -0.1) is 0 Å². The minimum absolute atomic E-state index is 0.0372. The molecule has 1 N–H and O–H groups in total. The van der Waals surface area contributed by atoms with Gasteiger partial charge in [0.05, 0.1) is 6.10 Å². The van der Waals surface area contributed by atoms with E-state index in [0.29, 0.717) is 6.04 Å². The highest BCUT2D eigenvalue weighted by Gasteiger charge is 2.36. The van der Waals surface area contributed by atoms with Gasteiger partial charge in [0.2, 0.25) is 0 Å². The second-order valence-electron chi connectivity index (χ2n) is 7.41. The Morgan fingerprint density at radius 1 is 1.35 bits per heavy atom. The van der Waals surface area contributed by atoms with E-state index >= 15 is 0 Å². The summed E-state index contributed by atoms with van der Waals surface area (Å²) in [5.41, 5.74) is 0.0372. The lowest BCUT2D eigenvalue weighted by Crippen LogP contribution is -2.52. The maximum Gasteiger partial charge on any atom is 0.0615 e. The fraction of sp³-hybridized carbons (Fsp3) is 1.00. The lowest BCUT2D eigenvalue weighted by Gasteiger charge is -2.45. The zero-order valence-corrected chi connectivity index (χ0v) is 14.8. The van der Waals surface area contributed by atoms with Gasteiger partial charge in [-0.25, -0.2) is 0 Å². The molecule has 120 valence electrons. The molecular weight excluding hydrogens is 266 g/mol. The number of thiol groups is 1. The summed E-state index contributed by atoms with van der Waals surface area (Å²) in [4.78, 5) is 2.65. The minimum Gasteiger partial charge on any atom is -0.392 e. The Morgan fingerprint density at radius 3 is 2.60 bits per heavy atom. The van der Waals surface area contributed by atoms with Crippen molar-refractivity contribution < 1.29 is 5.11 Å². The van der Waals surface area contributed by atoms with Gasteiger partial charge in [0, 0.05) is 24.5 Å². The van der Waals surface area contributed by atoms with Crippen molar-refractivity contribution in [3.63, 3.8) is 0 Å². The Labute approximate surface area is 131 Å². The second kappa shape index (κ2) is 8.65. The van der Waals surface area contributed by atoms with E-state index < -0.39 is 0 Å². The highest BCUT2D eigenvalue weighted by molar-refractivity contribution is 7.80. The highest BCUT2D eigenvalue weighted by atomic mass is 32.1. The standard InChI is InChI=1S/C17H35NOS/c1-5-6-7-15(12-14(2)9-11-20)18-10-8-16(19)17(3,4)13-18/h14-16,19-20H,5-13H2,1-4H3. The van der Waals surface area contributed by atoms with Crippen LogP contribution in [0.5, 0.6) is 0 Å². The molecule has 0 radical (unpaired) electrons. The third-order valence-corrected chi connectivity index (χ3v) is 5.16. The topological polar surface area (TPSA) is 23.5 Å². The van der Waals surface area contributed by atoms with Gasteiger partial charge in [0.25, 0.3) is 0 Å². The molecule has 1 rings (SSSR count). The molecule has 1 fully saturated rings. The van der Waals surface area contributed by atoms with Gasteiger partial charge in [0.15, 0.2) is 0 Å². The van der Waals surface area contributed by atoms with Crippen LogP contribution in [0.25, 0.3) is 0 Å². The third kappa shape index (κ3) is 5.57. The summed E-state index contributed by atoms with van der Waals surface area (Å²) in [6.07, 6.45) is 7.18. The minimum atomic E-state index is -0.138. The molecule has 1 aliphatic heterocycles. The van der Waals surface area contributed by atoms with Gasteiger partial charge in [-0.2, -0.15) is 12.6 Å². The lowest BCUT2D eigenvalue weighted by atomic mass is 9.80. The molecule has 1 aliphatic rings. The Hall–Kier alpha value is 0.270. The van der Waals surface area contributed by atoms with Gasteiger partial charge in [-0.1, -0.05) is 40.5 Å². The number of likely N-dealkylation sites (tertiary alicyclic amines) is 1. The first kappa shape index (κ1) is 18.3. The van der Waals surface area contributed by atoms with Gasteiger partial charge < -0.3 is 5.11 Å². The van der Waals surface area contributed by atoms with Crippen LogP contribution in [0.15, 0.2) is 0 Å². The molecular formula is C17H35NOS. The largest absolute Gasteiger partial charge is 0.392 e. The van der Waals surface area contributed by atoms with Crippen molar-refractivity contribution in [3.8, 4) is 0 Å². The fourth-order valence-electron chi connectivity index (χ4n) is 3.39. The molecule has 0 amide bonds. The number of aliphatic hydroxyl groups is 1. The number of hydrogen-bond donors (Lipinski definition) is 2. The normalized spacial score (nSPS) is 26.4. The van der Waals surface area contributed by atoms with Crippen LogP contribution in [0.2, 0.25) is 0 Å². The SMILES string of the molecule is CCCCC(CC(C)CCS)N1CCC(O)C(C)(C)C1. The molecule has 0 saturated carbocycles. The van der Waals surface area contributed by atoms with Gasteiger partial charge >= 0.3 is 0 Å². The van der Waals surface area contributed by atoms with Crippen molar-refractivity contribution in [2.75, 3.05) is 18.8 Å². The van der Waals surface area contributed by atoms with Crippen LogP contribution in [0.3, 0.4) is 0 Å². The summed E-state index contributed by atoms with van der Waals surface area (Å²) in [7, 11) is 0. The predicted octanol–water partition coefficient (Wildman–Crippen LogP) is 3.98. The van der Waals surface area contributed by atoms with E-state index in [2.05, 4.69) is 45.2 Å². The van der Waals surface area contributed by atoms with E-state index in [1.165, 1.54) is 32.1 Å². The molecule has 0 aliphatic carbocycles. The summed E-state index contributed by atoms with van der Waals surface area (Å²) in [5, 5.41) is 10.1. The second-order valence-corrected chi connectivity index (χ2v) is 7.86. The molecule has 3 heteroatoms. The van der Waals surface area contributed by atoms with E-state index in [4.69, 9.17) is 0 Å². The Balaban J connectivity index is 2.62. The quantitative estimate of drug-likeness (QED) is 0.662. The molecule has 0 aromatic carbocycles. The van der Waals surface area contributed by atoms with Gasteiger partial charge in [-0.3, -0.25) is 4.90 Å². The monoisotopic (exact) mass is 301 g/mol. The molecule has 0 bridgehead atoms. The van der Waals surface area contributed by atoms with Crippen LogP contribution in [-0.2, 0) is 0 Å². The van der Waals surface area contributed by atoms with Crippen molar-refractivity contribution >= 4 is 12.6 Å². The Bertz CT molecular complexity index is 270. The van der Waals surface area contributed by atoms with Crippen LogP contribution < -0.4 is 0 Å². The summed E-state index contributed by atoms with van der Waals surface area (Å²) in [6.45, 7) is 11.1. The first-order valence-electron chi connectivity index (χ1n) is 8.43. The summed E-state index contributed by atoms with van der Waals surface area (Å²) >= 11 is 4.37. The Morgan fingerprint density at radius 2 is 2.05 bits per heavy atom. The predicted molar refractivity (Wildman–Crippen MR) is 91.5 cm³/mol.